The number of Topliss-reactive ketones (excluding diaryl/α,β-unsaturated/α-hetero) is 1. The van der Waals surface area contributed by atoms with Crippen LogP contribution < -0.4 is 0 Å². The third-order valence-corrected chi connectivity index (χ3v) is 3.11. The van der Waals surface area contributed by atoms with Gasteiger partial charge in [0.25, 0.3) is 0 Å². The molecule has 0 amide bonds. The van der Waals surface area contributed by atoms with Crippen molar-refractivity contribution in [1.82, 2.24) is 9.80 Å². The second kappa shape index (κ2) is 8.47. The summed E-state index contributed by atoms with van der Waals surface area (Å²) in [6.45, 7) is 5.32. The average Bonchev–Trinajstić information content (AvgIpc) is 2.45. The van der Waals surface area contributed by atoms with Crippen LogP contribution in [0.15, 0.2) is 24.3 Å². The van der Waals surface area contributed by atoms with Crippen molar-refractivity contribution in [3.63, 3.8) is 0 Å². The van der Waals surface area contributed by atoms with E-state index in [1.807, 2.05) is 14.1 Å². The van der Waals surface area contributed by atoms with Crippen molar-refractivity contribution in [2.24, 2.45) is 0 Å². The first-order valence-corrected chi connectivity index (χ1v) is 6.97. The molecule has 4 heteroatoms. The Hall–Kier alpha value is -1.70. The number of hydrogen-bond acceptors (Lipinski definition) is 4. The van der Waals surface area contributed by atoms with Gasteiger partial charge in [0.1, 0.15) is 0 Å². The molecule has 0 heterocycles. The average molecular weight is 273 g/mol. The number of rotatable bonds is 8. The van der Waals surface area contributed by atoms with Crippen LogP contribution in [-0.2, 0) is 0 Å². The number of ketones is 1. The fourth-order valence-electron chi connectivity index (χ4n) is 1.95. The van der Waals surface area contributed by atoms with E-state index in [2.05, 4.69) is 22.8 Å². The van der Waals surface area contributed by atoms with E-state index in [-0.39, 0.29) is 5.78 Å². The van der Waals surface area contributed by atoms with E-state index in [9.17, 15) is 4.79 Å². The van der Waals surface area contributed by atoms with Gasteiger partial charge in [-0.25, -0.2) is 0 Å². The molecule has 0 bridgehead atoms. The molecule has 0 saturated carbocycles. The Bertz CT molecular complexity index is 460. The molecule has 0 N–H and O–H groups in total. The summed E-state index contributed by atoms with van der Waals surface area (Å²) in [4.78, 5) is 16.5. The maximum atomic E-state index is 12.2. The molecule has 0 spiro atoms. The zero-order valence-corrected chi connectivity index (χ0v) is 12.6. The Morgan fingerprint density at radius 1 is 1.15 bits per heavy atom. The van der Waals surface area contributed by atoms with Gasteiger partial charge in [-0.3, -0.25) is 9.69 Å². The lowest BCUT2D eigenvalue weighted by Gasteiger charge is -2.22. The monoisotopic (exact) mass is 273 g/mol. The van der Waals surface area contributed by atoms with Crippen LogP contribution in [0, 0.1) is 11.3 Å². The maximum absolute atomic E-state index is 12.2. The SMILES string of the molecule is CCCN(CCN(C)C)CC(=O)c1ccc(C#N)cc1. The third kappa shape index (κ3) is 5.52. The molecule has 0 saturated heterocycles. The first-order valence-electron chi connectivity index (χ1n) is 6.97. The quantitative estimate of drug-likeness (QED) is 0.680. The van der Waals surface area contributed by atoms with Crippen LogP contribution in [0.25, 0.3) is 0 Å². The summed E-state index contributed by atoms with van der Waals surface area (Å²) < 4.78 is 0. The zero-order chi connectivity index (χ0) is 15.0. The molecular formula is C16H23N3O. The van der Waals surface area contributed by atoms with Gasteiger partial charge in [0, 0.05) is 18.7 Å². The number of nitrogens with zero attached hydrogens (tertiary/aromatic N) is 3. The number of benzene rings is 1. The largest absolute Gasteiger partial charge is 0.308 e. The van der Waals surface area contributed by atoms with E-state index in [4.69, 9.17) is 5.26 Å². The van der Waals surface area contributed by atoms with Gasteiger partial charge in [-0.15, -0.1) is 0 Å². The number of hydrogen-bond donors (Lipinski definition) is 0. The van der Waals surface area contributed by atoms with Crippen molar-refractivity contribution in [2.45, 2.75) is 13.3 Å². The Balaban J connectivity index is 2.62. The molecule has 0 radical (unpaired) electrons. The molecule has 0 atom stereocenters. The fraction of sp³-hybridized carbons (Fsp3) is 0.500. The lowest BCUT2D eigenvalue weighted by molar-refractivity contribution is 0.0925. The van der Waals surface area contributed by atoms with Gasteiger partial charge in [-0.2, -0.15) is 5.26 Å². The van der Waals surface area contributed by atoms with E-state index in [0.29, 0.717) is 17.7 Å². The summed E-state index contributed by atoms with van der Waals surface area (Å²) in [5.41, 5.74) is 1.26. The highest BCUT2D eigenvalue weighted by Gasteiger charge is 2.12. The Morgan fingerprint density at radius 3 is 2.30 bits per heavy atom. The van der Waals surface area contributed by atoms with Crippen molar-refractivity contribution in [1.29, 1.82) is 5.26 Å². The van der Waals surface area contributed by atoms with E-state index in [1.54, 1.807) is 24.3 Å². The predicted octanol–water partition coefficient (Wildman–Crippen LogP) is 2.01. The number of carbonyl (C=O) groups is 1. The topological polar surface area (TPSA) is 47.3 Å². The minimum atomic E-state index is 0.113. The van der Waals surface area contributed by atoms with Crippen LogP contribution in [0.1, 0.15) is 29.3 Å². The van der Waals surface area contributed by atoms with Gasteiger partial charge in [-0.05, 0) is 39.2 Å². The summed E-state index contributed by atoms with van der Waals surface area (Å²) in [5.74, 6) is 0.113. The minimum absolute atomic E-state index is 0.113. The third-order valence-electron chi connectivity index (χ3n) is 3.11. The van der Waals surface area contributed by atoms with Crippen LogP contribution in [0.3, 0.4) is 0 Å². The van der Waals surface area contributed by atoms with Crippen LogP contribution in [-0.4, -0.2) is 55.9 Å². The zero-order valence-electron chi connectivity index (χ0n) is 12.6. The molecule has 108 valence electrons. The van der Waals surface area contributed by atoms with Gasteiger partial charge >= 0.3 is 0 Å². The molecule has 0 aliphatic heterocycles. The standard InChI is InChI=1S/C16H23N3O/c1-4-9-19(11-10-18(2)3)13-16(20)15-7-5-14(12-17)6-8-15/h5-8H,4,9-11,13H2,1-3H3. The summed E-state index contributed by atoms with van der Waals surface area (Å²) in [7, 11) is 4.07. The molecule has 0 aliphatic carbocycles. The highest BCUT2D eigenvalue weighted by atomic mass is 16.1. The van der Waals surface area contributed by atoms with Crippen LogP contribution in [0.2, 0.25) is 0 Å². The van der Waals surface area contributed by atoms with Crippen molar-refractivity contribution in [3.8, 4) is 6.07 Å². The second-order valence-electron chi connectivity index (χ2n) is 5.19. The summed E-state index contributed by atoms with van der Waals surface area (Å²) in [6.07, 6.45) is 1.04. The number of nitriles is 1. The Labute approximate surface area is 121 Å². The van der Waals surface area contributed by atoms with Gasteiger partial charge in [0.2, 0.25) is 0 Å². The van der Waals surface area contributed by atoms with E-state index >= 15 is 0 Å². The molecular weight excluding hydrogens is 250 g/mol. The summed E-state index contributed by atoms with van der Waals surface area (Å²) in [5, 5.41) is 8.76. The molecule has 1 aromatic rings. The normalized spacial score (nSPS) is 10.8. The molecule has 0 aromatic heterocycles. The molecule has 0 unspecified atom stereocenters. The van der Waals surface area contributed by atoms with Crippen LogP contribution >= 0.6 is 0 Å². The van der Waals surface area contributed by atoms with Crippen LogP contribution in [0.5, 0.6) is 0 Å². The Morgan fingerprint density at radius 2 is 1.80 bits per heavy atom. The predicted molar refractivity (Wildman–Crippen MR) is 80.8 cm³/mol. The van der Waals surface area contributed by atoms with E-state index < -0.39 is 0 Å². The van der Waals surface area contributed by atoms with Gasteiger partial charge in [-0.1, -0.05) is 19.1 Å². The molecule has 1 rings (SSSR count). The first kappa shape index (κ1) is 16.4. The van der Waals surface area contributed by atoms with Gasteiger partial charge < -0.3 is 4.90 Å². The summed E-state index contributed by atoms with van der Waals surface area (Å²) >= 11 is 0. The molecule has 4 nitrogen and oxygen atoms in total. The molecule has 0 fully saturated rings. The summed E-state index contributed by atoms with van der Waals surface area (Å²) in [6, 6.07) is 8.91. The fourth-order valence-corrected chi connectivity index (χ4v) is 1.95. The molecule has 0 aliphatic rings. The first-order chi connectivity index (χ1) is 9.56. The second-order valence-corrected chi connectivity index (χ2v) is 5.19. The smallest absolute Gasteiger partial charge is 0.176 e. The lowest BCUT2D eigenvalue weighted by atomic mass is 10.1. The van der Waals surface area contributed by atoms with E-state index in [1.165, 1.54) is 0 Å². The van der Waals surface area contributed by atoms with Crippen molar-refractivity contribution >= 4 is 5.78 Å². The highest BCUT2D eigenvalue weighted by Crippen LogP contribution is 2.06. The lowest BCUT2D eigenvalue weighted by Crippen LogP contribution is -2.36. The minimum Gasteiger partial charge on any atom is -0.308 e. The molecule has 20 heavy (non-hydrogen) atoms. The molecule has 1 aromatic carbocycles. The number of carbonyl (C=O) groups excluding carboxylic acids is 1. The van der Waals surface area contributed by atoms with Gasteiger partial charge in [0.15, 0.2) is 5.78 Å². The number of likely N-dealkylation sites (N-methyl/N-ethyl adjacent to an activating group) is 1. The Kier molecular flexibility index (Phi) is 6.92. The highest BCUT2D eigenvalue weighted by molar-refractivity contribution is 5.97. The van der Waals surface area contributed by atoms with Gasteiger partial charge in [0.05, 0.1) is 18.2 Å². The van der Waals surface area contributed by atoms with Crippen molar-refractivity contribution in [2.75, 3.05) is 40.3 Å². The van der Waals surface area contributed by atoms with Crippen LogP contribution in [0.4, 0.5) is 0 Å². The van der Waals surface area contributed by atoms with Crippen molar-refractivity contribution < 1.29 is 4.79 Å². The van der Waals surface area contributed by atoms with Crippen molar-refractivity contribution in [3.05, 3.63) is 35.4 Å². The maximum Gasteiger partial charge on any atom is 0.176 e. The van der Waals surface area contributed by atoms with E-state index in [0.717, 1.165) is 26.1 Å².